The van der Waals surface area contributed by atoms with Gasteiger partial charge in [0.25, 0.3) is 11.7 Å². The van der Waals surface area contributed by atoms with Gasteiger partial charge in [-0.3, -0.25) is 14.5 Å². The van der Waals surface area contributed by atoms with E-state index < -0.39 is 17.7 Å². The highest BCUT2D eigenvalue weighted by Gasteiger charge is 2.47. The van der Waals surface area contributed by atoms with Gasteiger partial charge in [0.2, 0.25) is 0 Å². The number of carbonyl (C=O) groups is 2. The summed E-state index contributed by atoms with van der Waals surface area (Å²) in [6, 6.07) is 25.0. The number of aliphatic hydroxyl groups is 1. The van der Waals surface area contributed by atoms with Gasteiger partial charge in [-0.25, -0.2) is 0 Å². The molecule has 6 heteroatoms. The second-order valence-corrected chi connectivity index (χ2v) is 9.44. The zero-order chi connectivity index (χ0) is 24.5. The average Bonchev–Trinajstić information content (AvgIpc) is 3.47. The first-order chi connectivity index (χ1) is 16.9. The maximum atomic E-state index is 13.2. The second-order valence-electron chi connectivity index (χ2n) is 8.46. The Kier molecular flexibility index (Phi) is 5.97. The minimum Gasteiger partial charge on any atom is -0.507 e. The number of ketones is 1. The summed E-state index contributed by atoms with van der Waals surface area (Å²) >= 11 is 1.43. The Bertz CT molecular complexity index is 1420. The zero-order valence-electron chi connectivity index (χ0n) is 19.3. The highest BCUT2D eigenvalue weighted by molar-refractivity contribution is 7.10. The molecule has 5 nitrogen and oxygen atoms in total. The molecule has 0 spiro atoms. The molecular formula is C29H23NO4S. The Morgan fingerprint density at radius 3 is 2.26 bits per heavy atom. The van der Waals surface area contributed by atoms with Crippen molar-refractivity contribution in [3.05, 3.63) is 117 Å². The number of Topliss-reactive ketones (excluding diaryl/α,β-unsaturated/α-hetero) is 1. The van der Waals surface area contributed by atoms with Gasteiger partial charge in [0.15, 0.2) is 0 Å². The van der Waals surface area contributed by atoms with Crippen LogP contribution in [-0.2, 0) is 9.59 Å². The van der Waals surface area contributed by atoms with Crippen molar-refractivity contribution in [3.8, 4) is 11.5 Å². The van der Waals surface area contributed by atoms with Crippen molar-refractivity contribution in [1.29, 1.82) is 0 Å². The molecular weight excluding hydrogens is 458 g/mol. The van der Waals surface area contributed by atoms with E-state index in [4.69, 9.17) is 4.74 Å². The maximum absolute atomic E-state index is 13.2. The summed E-state index contributed by atoms with van der Waals surface area (Å²) in [5.74, 6) is -0.229. The second kappa shape index (κ2) is 9.24. The number of ether oxygens (including phenoxy) is 1. The average molecular weight is 482 g/mol. The fraction of sp³-hybridized carbons (Fsp3) is 0.103. The largest absolute Gasteiger partial charge is 0.507 e. The molecule has 1 aliphatic rings. The molecule has 4 aromatic rings. The first-order valence-electron chi connectivity index (χ1n) is 11.2. The summed E-state index contributed by atoms with van der Waals surface area (Å²) in [4.78, 5) is 28.7. The minimum absolute atomic E-state index is 0.0846. The van der Waals surface area contributed by atoms with Crippen LogP contribution in [-0.4, -0.2) is 16.8 Å². The third kappa shape index (κ3) is 4.36. The minimum atomic E-state index is -0.722. The lowest BCUT2D eigenvalue weighted by atomic mass is 9.99. The van der Waals surface area contributed by atoms with E-state index in [1.165, 1.54) is 16.2 Å². The zero-order valence-corrected chi connectivity index (χ0v) is 20.1. The number of amides is 1. The van der Waals surface area contributed by atoms with Gasteiger partial charge in [-0.1, -0.05) is 48.0 Å². The van der Waals surface area contributed by atoms with Gasteiger partial charge in [-0.05, 0) is 67.3 Å². The van der Waals surface area contributed by atoms with E-state index in [0.29, 0.717) is 17.0 Å². The Labute approximate surface area is 207 Å². The number of rotatable bonds is 5. The molecule has 0 saturated carbocycles. The van der Waals surface area contributed by atoms with E-state index in [2.05, 4.69) is 0 Å². The van der Waals surface area contributed by atoms with Gasteiger partial charge in [-0.15, -0.1) is 11.3 Å². The molecule has 1 aromatic heterocycles. The van der Waals surface area contributed by atoms with Gasteiger partial charge in [0.1, 0.15) is 23.3 Å². The van der Waals surface area contributed by atoms with Crippen molar-refractivity contribution in [2.75, 3.05) is 4.90 Å². The molecule has 35 heavy (non-hydrogen) atoms. The number of carbonyl (C=O) groups excluding carboxylic acids is 2. The Morgan fingerprint density at radius 2 is 1.60 bits per heavy atom. The van der Waals surface area contributed by atoms with Crippen molar-refractivity contribution in [2.45, 2.75) is 19.9 Å². The molecule has 1 fully saturated rings. The molecule has 0 bridgehead atoms. The number of hydrogen-bond acceptors (Lipinski definition) is 5. The quantitative estimate of drug-likeness (QED) is 0.194. The van der Waals surface area contributed by atoms with Crippen molar-refractivity contribution < 1.29 is 19.4 Å². The van der Waals surface area contributed by atoms with Crippen LogP contribution < -0.4 is 9.64 Å². The molecule has 1 unspecified atom stereocenters. The first kappa shape index (κ1) is 22.6. The normalized spacial score (nSPS) is 17.1. The Morgan fingerprint density at radius 1 is 0.857 bits per heavy atom. The number of aliphatic hydroxyl groups excluding tert-OH is 1. The van der Waals surface area contributed by atoms with Crippen LogP contribution in [0.2, 0.25) is 0 Å². The molecule has 0 aliphatic carbocycles. The van der Waals surface area contributed by atoms with Gasteiger partial charge < -0.3 is 9.84 Å². The van der Waals surface area contributed by atoms with Crippen molar-refractivity contribution in [1.82, 2.24) is 0 Å². The third-order valence-electron chi connectivity index (χ3n) is 5.92. The molecule has 1 saturated heterocycles. The Hall–Kier alpha value is -4.16. The lowest BCUT2D eigenvalue weighted by Gasteiger charge is -2.24. The number of nitrogens with zero attached hydrogens (tertiary/aromatic N) is 1. The molecule has 3 aromatic carbocycles. The molecule has 5 rings (SSSR count). The number of hydrogen-bond donors (Lipinski definition) is 1. The standard InChI is InChI=1S/C29H23NO4S/c1-18-8-10-20(11-9-18)27(31)25-26(24-7-4-16-35-24)30(29(33)28(25)32)21-12-14-22(15-13-21)34-23-6-3-5-19(2)17-23/h3-17,26,31H,1-2H3/b27-25-. The van der Waals surface area contributed by atoms with Crippen LogP contribution in [0.1, 0.15) is 27.6 Å². The number of anilines is 1. The van der Waals surface area contributed by atoms with E-state index in [1.807, 2.05) is 67.8 Å². The summed E-state index contributed by atoms with van der Waals surface area (Å²) in [5.41, 5.74) is 3.25. The predicted octanol–water partition coefficient (Wildman–Crippen LogP) is 6.78. The summed E-state index contributed by atoms with van der Waals surface area (Å²) in [6.07, 6.45) is 0. The highest BCUT2D eigenvalue weighted by Crippen LogP contribution is 2.44. The summed E-state index contributed by atoms with van der Waals surface area (Å²) in [5, 5.41) is 13.0. The summed E-state index contributed by atoms with van der Waals surface area (Å²) in [6.45, 7) is 3.94. The van der Waals surface area contributed by atoms with Gasteiger partial charge in [0, 0.05) is 16.1 Å². The lowest BCUT2D eigenvalue weighted by Crippen LogP contribution is -2.29. The molecule has 1 amide bonds. The molecule has 0 radical (unpaired) electrons. The van der Waals surface area contributed by atoms with Gasteiger partial charge in [-0.2, -0.15) is 0 Å². The number of aryl methyl sites for hydroxylation is 2. The smallest absolute Gasteiger partial charge is 0.300 e. The maximum Gasteiger partial charge on any atom is 0.300 e. The van der Waals surface area contributed by atoms with Crippen LogP contribution >= 0.6 is 11.3 Å². The summed E-state index contributed by atoms with van der Waals surface area (Å²) in [7, 11) is 0. The van der Waals surface area contributed by atoms with Crippen LogP contribution in [0.15, 0.2) is 95.9 Å². The van der Waals surface area contributed by atoms with Gasteiger partial charge in [0.05, 0.1) is 5.57 Å². The van der Waals surface area contributed by atoms with Crippen molar-refractivity contribution >= 4 is 34.5 Å². The summed E-state index contributed by atoms with van der Waals surface area (Å²) < 4.78 is 5.93. The Balaban J connectivity index is 1.54. The van der Waals surface area contributed by atoms with Crippen LogP contribution in [0.25, 0.3) is 5.76 Å². The lowest BCUT2D eigenvalue weighted by molar-refractivity contribution is -0.132. The van der Waals surface area contributed by atoms with E-state index in [0.717, 1.165) is 21.8 Å². The van der Waals surface area contributed by atoms with E-state index in [-0.39, 0.29) is 11.3 Å². The molecule has 1 atom stereocenters. The van der Waals surface area contributed by atoms with E-state index >= 15 is 0 Å². The fourth-order valence-electron chi connectivity index (χ4n) is 4.17. The van der Waals surface area contributed by atoms with Crippen molar-refractivity contribution in [2.24, 2.45) is 0 Å². The highest BCUT2D eigenvalue weighted by atomic mass is 32.1. The van der Waals surface area contributed by atoms with Crippen LogP contribution in [0.4, 0.5) is 5.69 Å². The SMILES string of the molecule is Cc1ccc(/C(O)=C2/C(=O)C(=O)N(c3ccc(Oc4cccc(C)c4)cc3)C2c2cccs2)cc1. The van der Waals surface area contributed by atoms with Gasteiger partial charge >= 0.3 is 0 Å². The van der Waals surface area contributed by atoms with Crippen LogP contribution in [0, 0.1) is 13.8 Å². The third-order valence-corrected chi connectivity index (χ3v) is 6.85. The monoisotopic (exact) mass is 481 g/mol. The fourth-order valence-corrected chi connectivity index (χ4v) is 5.00. The first-order valence-corrected chi connectivity index (χ1v) is 12.1. The predicted molar refractivity (Wildman–Crippen MR) is 138 cm³/mol. The molecule has 1 aliphatic heterocycles. The topological polar surface area (TPSA) is 66.8 Å². The van der Waals surface area contributed by atoms with Crippen LogP contribution in [0.5, 0.6) is 11.5 Å². The van der Waals surface area contributed by atoms with Crippen molar-refractivity contribution in [3.63, 3.8) is 0 Å². The number of benzene rings is 3. The molecule has 1 N–H and O–H groups in total. The van der Waals surface area contributed by atoms with E-state index in [9.17, 15) is 14.7 Å². The van der Waals surface area contributed by atoms with E-state index in [1.54, 1.807) is 36.4 Å². The van der Waals surface area contributed by atoms with Crippen LogP contribution in [0.3, 0.4) is 0 Å². The number of thiophene rings is 1. The molecule has 174 valence electrons. The molecule has 2 heterocycles.